The molecular weight excluding hydrogens is 196 g/mol. The molecule has 2 heteroatoms. The molecule has 0 amide bonds. The molecule has 2 unspecified atom stereocenters. The van der Waals surface area contributed by atoms with Gasteiger partial charge in [-0.3, -0.25) is 4.98 Å². The maximum absolute atomic E-state index is 5.39. The minimum atomic E-state index is 0.582. The fourth-order valence-electron chi connectivity index (χ4n) is 2.47. The van der Waals surface area contributed by atoms with Crippen LogP contribution < -0.4 is 5.32 Å². The van der Waals surface area contributed by atoms with E-state index in [1.807, 2.05) is 6.20 Å². The molecule has 2 nitrogen and oxygen atoms in total. The standard InChI is InChI=1S/C14H14N2/c1-2-10-5-13(8-15-7-10)11-3-4-12-9-16-14(12)6-11/h1,5-8,12,14,16H,3-4,9H2. The third-order valence-corrected chi connectivity index (χ3v) is 3.56. The molecule has 0 spiro atoms. The van der Waals surface area contributed by atoms with Gasteiger partial charge in [0.2, 0.25) is 0 Å². The van der Waals surface area contributed by atoms with Gasteiger partial charge in [0.25, 0.3) is 0 Å². The maximum Gasteiger partial charge on any atom is 0.0432 e. The van der Waals surface area contributed by atoms with E-state index < -0.39 is 0 Å². The molecule has 1 saturated heterocycles. The molecule has 0 radical (unpaired) electrons. The van der Waals surface area contributed by atoms with Crippen LogP contribution in [0, 0.1) is 18.3 Å². The van der Waals surface area contributed by atoms with Crippen molar-refractivity contribution < 1.29 is 0 Å². The van der Waals surface area contributed by atoms with Crippen LogP contribution >= 0.6 is 0 Å². The van der Waals surface area contributed by atoms with E-state index in [1.165, 1.54) is 24.1 Å². The Bertz CT molecular complexity index is 482. The second kappa shape index (κ2) is 3.77. The minimum absolute atomic E-state index is 0.582. The molecule has 1 aromatic rings. The van der Waals surface area contributed by atoms with Crippen molar-refractivity contribution in [2.24, 2.45) is 5.92 Å². The summed E-state index contributed by atoms with van der Waals surface area (Å²) in [5.74, 6) is 3.49. The quantitative estimate of drug-likeness (QED) is 0.715. The highest BCUT2D eigenvalue weighted by Crippen LogP contribution is 2.33. The summed E-state index contributed by atoms with van der Waals surface area (Å²) in [5, 5.41) is 3.44. The van der Waals surface area contributed by atoms with Crippen LogP contribution in [0.4, 0.5) is 0 Å². The first kappa shape index (κ1) is 9.62. The predicted octanol–water partition coefficient (Wildman–Crippen LogP) is 1.83. The zero-order valence-electron chi connectivity index (χ0n) is 9.11. The number of terminal acetylenes is 1. The summed E-state index contributed by atoms with van der Waals surface area (Å²) in [5.41, 5.74) is 3.43. The van der Waals surface area contributed by atoms with Gasteiger partial charge in [-0.1, -0.05) is 12.0 Å². The first-order valence-corrected chi connectivity index (χ1v) is 5.73. The molecule has 16 heavy (non-hydrogen) atoms. The Labute approximate surface area is 95.8 Å². The number of fused-ring (bicyclic) bond motifs is 1. The average Bonchev–Trinajstić information content (AvgIpc) is 2.31. The maximum atomic E-state index is 5.39. The highest BCUT2D eigenvalue weighted by Gasteiger charge is 2.31. The summed E-state index contributed by atoms with van der Waals surface area (Å²) >= 11 is 0. The Morgan fingerprint density at radius 1 is 1.44 bits per heavy atom. The van der Waals surface area contributed by atoms with Crippen LogP contribution in [0.3, 0.4) is 0 Å². The van der Waals surface area contributed by atoms with E-state index in [0.29, 0.717) is 6.04 Å². The lowest BCUT2D eigenvalue weighted by molar-refractivity contribution is 0.256. The van der Waals surface area contributed by atoms with Crippen LogP contribution in [0.15, 0.2) is 24.5 Å². The summed E-state index contributed by atoms with van der Waals surface area (Å²) in [6.45, 7) is 1.18. The molecule has 1 N–H and O–H groups in total. The lowest BCUT2D eigenvalue weighted by atomic mass is 9.79. The number of hydrogen-bond donors (Lipinski definition) is 1. The van der Waals surface area contributed by atoms with Crippen molar-refractivity contribution >= 4 is 5.57 Å². The summed E-state index contributed by atoms with van der Waals surface area (Å²) in [6.07, 6.45) is 13.8. The predicted molar refractivity (Wildman–Crippen MR) is 64.7 cm³/mol. The van der Waals surface area contributed by atoms with E-state index in [2.05, 4.69) is 28.4 Å². The SMILES string of the molecule is C#Cc1cncc(C2=CC3NCC3CC2)c1. The fourth-order valence-corrected chi connectivity index (χ4v) is 2.47. The van der Waals surface area contributed by atoms with Gasteiger partial charge in [0.15, 0.2) is 0 Å². The lowest BCUT2D eigenvalue weighted by Crippen LogP contribution is -2.52. The zero-order valence-corrected chi connectivity index (χ0v) is 9.11. The largest absolute Gasteiger partial charge is 0.310 e. The third kappa shape index (κ3) is 1.54. The normalized spacial score (nSPS) is 27.3. The second-order valence-corrected chi connectivity index (χ2v) is 4.53. The van der Waals surface area contributed by atoms with E-state index >= 15 is 0 Å². The van der Waals surface area contributed by atoms with Gasteiger partial charge in [0.05, 0.1) is 0 Å². The number of rotatable bonds is 1. The Morgan fingerprint density at radius 2 is 2.38 bits per heavy atom. The summed E-state index contributed by atoms with van der Waals surface area (Å²) in [6, 6.07) is 2.64. The van der Waals surface area contributed by atoms with E-state index in [9.17, 15) is 0 Å². The molecule has 1 fully saturated rings. The van der Waals surface area contributed by atoms with Crippen LogP contribution in [-0.2, 0) is 0 Å². The van der Waals surface area contributed by atoms with Gasteiger partial charge in [-0.2, -0.15) is 0 Å². The molecule has 2 atom stereocenters. The number of nitrogens with zero attached hydrogens (tertiary/aromatic N) is 1. The lowest BCUT2D eigenvalue weighted by Gasteiger charge is -2.40. The molecule has 1 aliphatic carbocycles. The van der Waals surface area contributed by atoms with Gasteiger partial charge in [0, 0.05) is 30.5 Å². The highest BCUT2D eigenvalue weighted by molar-refractivity contribution is 5.67. The summed E-state index contributed by atoms with van der Waals surface area (Å²) in [4.78, 5) is 4.19. The molecule has 0 saturated carbocycles. The van der Waals surface area contributed by atoms with E-state index in [-0.39, 0.29) is 0 Å². The summed E-state index contributed by atoms with van der Waals surface area (Å²) < 4.78 is 0. The van der Waals surface area contributed by atoms with Gasteiger partial charge < -0.3 is 5.32 Å². The molecule has 3 rings (SSSR count). The molecule has 1 aromatic heterocycles. The number of aromatic nitrogens is 1. The summed E-state index contributed by atoms with van der Waals surface area (Å²) in [7, 11) is 0. The zero-order chi connectivity index (χ0) is 11.0. The van der Waals surface area contributed by atoms with Crippen molar-refractivity contribution in [3.63, 3.8) is 0 Å². The van der Waals surface area contributed by atoms with E-state index in [4.69, 9.17) is 6.42 Å². The second-order valence-electron chi connectivity index (χ2n) is 4.53. The van der Waals surface area contributed by atoms with Gasteiger partial charge in [0.1, 0.15) is 0 Å². The van der Waals surface area contributed by atoms with Crippen LogP contribution in [0.1, 0.15) is 24.0 Å². The van der Waals surface area contributed by atoms with Crippen LogP contribution in [0.2, 0.25) is 0 Å². The van der Waals surface area contributed by atoms with Crippen molar-refractivity contribution in [2.75, 3.05) is 6.54 Å². The van der Waals surface area contributed by atoms with Gasteiger partial charge in [-0.05, 0) is 36.0 Å². The Balaban J connectivity index is 1.92. The highest BCUT2D eigenvalue weighted by atomic mass is 15.0. The van der Waals surface area contributed by atoms with Crippen molar-refractivity contribution in [3.05, 3.63) is 35.7 Å². The first-order chi connectivity index (χ1) is 7.86. The first-order valence-electron chi connectivity index (χ1n) is 5.73. The molecule has 0 aromatic carbocycles. The molecule has 0 bridgehead atoms. The van der Waals surface area contributed by atoms with E-state index in [1.54, 1.807) is 6.20 Å². The molecule has 2 aliphatic rings. The number of allylic oxidation sites excluding steroid dienone is 1. The molecule has 80 valence electrons. The number of hydrogen-bond acceptors (Lipinski definition) is 2. The topological polar surface area (TPSA) is 24.9 Å². The fraction of sp³-hybridized carbons (Fsp3) is 0.357. The Hall–Kier alpha value is -1.59. The molecular formula is C14H14N2. The van der Waals surface area contributed by atoms with Gasteiger partial charge in [-0.15, -0.1) is 6.42 Å². The Kier molecular flexibility index (Phi) is 2.27. The van der Waals surface area contributed by atoms with Crippen molar-refractivity contribution in [3.8, 4) is 12.3 Å². The average molecular weight is 210 g/mol. The molecule has 1 aliphatic heterocycles. The van der Waals surface area contributed by atoms with E-state index in [0.717, 1.165) is 17.9 Å². The third-order valence-electron chi connectivity index (χ3n) is 3.56. The van der Waals surface area contributed by atoms with Crippen molar-refractivity contribution in [2.45, 2.75) is 18.9 Å². The Morgan fingerprint density at radius 3 is 3.06 bits per heavy atom. The number of nitrogens with one attached hydrogen (secondary N) is 1. The minimum Gasteiger partial charge on any atom is -0.310 e. The van der Waals surface area contributed by atoms with Gasteiger partial charge >= 0.3 is 0 Å². The van der Waals surface area contributed by atoms with Crippen molar-refractivity contribution in [1.82, 2.24) is 10.3 Å². The van der Waals surface area contributed by atoms with Crippen LogP contribution in [-0.4, -0.2) is 17.6 Å². The van der Waals surface area contributed by atoms with Crippen LogP contribution in [0.25, 0.3) is 5.57 Å². The smallest absolute Gasteiger partial charge is 0.0432 e. The van der Waals surface area contributed by atoms with Crippen molar-refractivity contribution in [1.29, 1.82) is 0 Å². The monoisotopic (exact) mass is 210 g/mol. The van der Waals surface area contributed by atoms with Crippen LogP contribution in [0.5, 0.6) is 0 Å². The number of pyridine rings is 1. The molecule has 2 heterocycles. The van der Waals surface area contributed by atoms with Gasteiger partial charge in [-0.25, -0.2) is 0 Å².